The van der Waals surface area contributed by atoms with Gasteiger partial charge in [-0.05, 0) is 19.1 Å². The SMILES string of the molecule is C[C@H](Sc1nc2ccccc2s1)C(=O)c1c(N)n(C)c(=O)n(C)c1=O. The van der Waals surface area contributed by atoms with Crippen LogP contribution in [0.4, 0.5) is 5.82 Å². The molecular weight excluding hydrogens is 360 g/mol. The van der Waals surface area contributed by atoms with E-state index >= 15 is 0 Å². The molecule has 0 spiro atoms. The fraction of sp³-hybridized carbons (Fsp3) is 0.250. The maximum Gasteiger partial charge on any atom is 0.332 e. The predicted octanol–water partition coefficient (Wildman–Crippen LogP) is 1.64. The van der Waals surface area contributed by atoms with Crippen molar-refractivity contribution >= 4 is 44.9 Å². The van der Waals surface area contributed by atoms with E-state index in [0.717, 1.165) is 23.7 Å². The number of Topliss-reactive ketones (excluding diaryl/α,β-unsaturated/α-hetero) is 1. The van der Waals surface area contributed by atoms with Gasteiger partial charge in [-0.25, -0.2) is 9.78 Å². The molecule has 1 aromatic carbocycles. The number of benzene rings is 1. The maximum absolute atomic E-state index is 12.8. The number of carbonyl (C=O) groups excluding carboxylic acids is 1. The van der Waals surface area contributed by atoms with Crippen LogP contribution in [-0.2, 0) is 14.1 Å². The van der Waals surface area contributed by atoms with E-state index in [4.69, 9.17) is 5.73 Å². The molecule has 0 aliphatic heterocycles. The molecule has 0 amide bonds. The van der Waals surface area contributed by atoms with Gasteiger partial charge >= 0.3 is 5.69 Å². The second-order valence-corrected chi connectivity index (χ2v) is 8.16. The largest absolute Gasteiger partial charge is 0.384 e. The fourth-order valence-corrected chi connectivity index (χ4v) is 4.67. The standard InChI is InChI=1S/C16H16N4O3S2/c1-8(24-15-18-9-6-4-5-7-10(9)25-15)12(21)11-13(17)19(2)16(23)20(3)14(11)22/h4-8H,17H2,1-3H3/t8-/m0/s1. The number of hydrogen-bond acceptors (Lipinski definition) is 7. The first kappa shape index (κ1) is 17.4. The second-order valence-electron chi connectivity index (χ2n) is 5.54. The molecule has 130 valence electrons. The molecule has 2 heterocycles. The highest BCUT2D eigenvalue weighted by Crippen LogP contribution is 2.33. The predicted molar refractivity (Wildman–Crippen MR) is 101 cm³/mol. The molecule has 0 radical (unpaired) electrons. The van der Waals surface area contributed by atoms with Gasteiger partial charge in [0.25, 0.3) is 5.56 Å². The quantitative estimate of drug-likeness (QED) is 0.549. The van der Waals surface area contributed by atoms with Crippen LogP contribution in [-0.4, -0.2) is 25.2 Å². The molecule has 0 saturated carbocycles. The van der Waals surface area contributed by atoms with Gasteiger partial charge in [0.1, 0.15) is 11.4 Å². The molecule has 0 saturated heterocycles. The number of nitrogens with two attached hydrogens (primary N) is 1. The third kappa shape index (κ3) is 3.00. The molecule has 3 rings (SSSR count). The van der Waals surface area contributed by atoms with Gasteiger partial charge in [0, 0.05) is 14.1 Å². The van der Waals surface area contributed by atoms with Gasteiger partial charge in [0.2, 0.25) is 0 Å². The Morgan fingerprint density at radius 1 is 1.24 bits per heavy atom. The number of nitrogens with zero attached hydrogens (tertiary/aromatic N) is 3. The van der Waals surface area contributed by atoms with Crippen molar-refractivity contribution in [2.75, 3.05) is 5.73 Å². The minimum atomic E-state index is -0.678. The Morgan fingerprint density at radius 2 is 1.92 bits per heavy atom. The lowest BCUT2D eigenvalue weighted by atomic mass is 10.1. The zero-order chi connectivity index (χ0) is 18.3. The van der Waals surface area contributed by atoms with E-state index in [-0.39, 0.29) is 11.4 Å². The normalized spacial score (nSPS) is 12.4. The van der Waals surface area contributed by atoms with Crippen LogP contribution < -0.4 is 17.0 Å². The molecule has 0 fully saturated rings. The van der Waals surface area contributed by atoms with Gasteiger partial charge < -0.3 is 5.73 Å². The molecule has 0 aliphatic carbocycles. The molecule has 0 aliphatic rings. The average molecular weight is 376 g/mol. The zero-order valence-electron chi connectivity index (χ0n) is 13.8. The molecule has 7 nitrogen and oxygen atoms in total. The number of aromatic nitrogens is 3. The van der Waals surface area contributed by atoms with Gasteiger partial charge in [-0.1, -0.05) is 23.9 Å². The van der Waals surface area contributed by atoms with Crippen LogP contribution in [0, 0.1) is 0 Å². The first-order valence-corrected chi connectivity index (χ1v) is 9.12. The van der Waals surface area contributed by atoms with Crippen LogP contribution in [0.25, 0.3) is 10.2 Å². The van der Waals surface area contributed by atoms with Crippen LogP contribution in [0.3, 0.4) is 0 Å². The average Bonchev–Trinajstić information content (AvgIpc) is 3.00. The smallest absolute Gasteiger partial charge is 0.332 e. The summed E-state index contributed by atoms with van der Waals surface area (Å²) in [6, 6.07) is 7.70. The number of anilines is 1. The van der Waals surface area contributed by atoms with E-state index in [2.05, 4.69) is 4.98 Å². The number of hydrogen-bond donors (Lipinski definition) is 1. The van der Waals surface area contributed by atoms with E-state index < -0.39 is 22.3 Å². The molecule has 0 bridgehead atoms. The molecule has 3 aromatic rings. The number of thiazole rings is 1. The minimum absolute atomic E-state index is 0.116. The van der Waals surface area contributed by atoms with Crippen molar-refractivity contribution in [2.45, 2.75) is 16.5 Å². The Labute approximate surface area is 151 Å². The number of fused-ring (bicyclic) bond motifs is 1. The molecule has 25 heavy (non-hydrogen) atoms. The third-order valence-corrected chi connectivity index (χ3v) is 6.11. The van der Waals surface area contributed by atoms with Crippen molar-refractivity contribution < 1.29 is 4.79 Å². The summed E-state index contributed by atoms with van der Waals surface area (Å²) < 4.78 is 3.76. The topological polar surface area (TPSA) is 100.0 Å². The molecule has 2 N–H and O–H groups in total. The highest BCUT2D eigenvalue weighted by atomic mass is 32.2. The maximum atomic E-state index is 12.8. The van der Waals surface area contributed by atoms with E-state index in [1.54, 1.807) is 6.92 Å². The second kappa shape index (κ2) is 6.49. The number of para-hydroxylation sites is 1. The zero-order valence-corrected chi connectivity index (χ0v) is 15.5. The Kier molecular flexibility index (Phi) is 4.53. The van der Waals surface area contributed by atoms with Crippen molar-refractivity contribution in [1.29, 1.82) is 0 Å². The summed E-state index contributed by atoms with van der Waals surface area (Å²) in [7, 11) is 2.76. The van der Waals surface area contributed by atoms with E-state index in [0.29, 0.717) is 0 Å². The van der Waals surface area contributed by atoms with Crippen LogP contribution >= 0.6 is 23.1 Å². The highest BCUT2D eigenvalue weighted by molar-refractivity contribution is 8.02. The van der Waals surface area contributed by atoms with E-state index in [9.17, 15) is 14.4 Å². The number of rotatable bonds is 4. The number of ketones is 1. The Bertz CT molecular complexity index is 1060. The number of thioether (sulfide) groups is 1. The summed E-state index contributed by atoms with van der Waals surface area (Å²) in [6.45, 7) is 1.70. The van der Waals surface area contributed by atoms with Gasteiger partial charge in [-0.2, -0.15) is 0 Å². The number of carbonyl (C=O) groups is 1. The lowest BCUT2D eigenvalue weighted by Crippen LogP contribution is -2.42. The van der Waals surface area contributed by atoms with Gasteiger partial charge in [-0.15, -0.1) is 11.3 Å². The first-order chi connectivity index (χ1) is 11.8. The monoisotopic (exact) mass is 376 g/mol. The lowest BCUT2D eigenvalue weighted by molar-refractivity contribution is 0.0992. The van der Waals surface area contributed by atoms with Gasteiger partial charge in [0.15, 0.2) is 10.1 Å². The summed E-state index contributed by atoms with van der Waals surface area (Å²) >= 11 is 2.76. The number of nitrogen functional groups attached to an aromatic ring is 1. The Hall–Kier alpha value is -2.39. The lowest BCUT2D eigenvalue weighted by Gasteiger charge is -2.13. The third-order valence-electron chi connectivity index (χ3n) is 3.88. The molecule has 9 heteroatoms. The van der Waals surface area contributed by atoms with Crippen LogP contribution in [0.1, 0.15) is 17.3 Å². The van der Waals surface area contributed by atoms with Gasteiger partial charge in [0.05, 0.1) is 15.5 Å². The molecular formula is C16H16N4O3S2. The summed E-state index contributed by atoms with van der Waals surface area (Å²) in [6.07, 6.45) is 0. The van der Waals surface area contributed by atoms with Crippen molar-refractivity contribution in [3.63, 3.8) is 0 Å². The van der Waals surface area contributed by atoms with Crippen LogP contribution in [0.2, 0.25) is 0 Å². The summed E-state index contributed by atoms with van der Waals surface area (Å²) in [4.78, 5) is 41.4. The van der Waals surface area contributed by atoms with E-state index in [1.807, 2.05) is 24.3 Å². The van der Waals surface area contributed by atoms with Crippen LogP contribution in [0.15, 0.2) is 38.2 Å². The minimum Gasteiger partial charge on any atom is -0.384 e. The molecule has 1 atom stereocenters. The van der Waals surface area contributed by atoms with Crippen molar-refractivity contribution in [1.82, 2.24) is 14.1 Å². The fourth-order valence-electron chi connectivity index (χ4n) is 2.40. The van der Waals surface area contributed by atoms with E-state index in [1.165, 1.54) is 37.2 Å². The van der Waals surface area contributed by atoms with Crippen molar-refractivity contribution in [2.24, 2.45) is 14.1 Å². The first-order valence-electron chi connectivity index (χ1n) is 7.43. The summed E-state index contributed by atoms with van der Waals surface area (Å²) in [5.74, 6) is -0.534. The van der Waals surface area contributed by atoms with Crippen LogP contribution in [0.5, 0.6) is 0 Å². The van der Waals surface area contributed by atoms with Crippen molar-refractivity contribution in [3.8, 4) is 0 Å². The molecule has 0 unspecified atom stereocenters. The van der Waals surface area contributed by atoms with Gasteiger partial charge in [-0.3, -0.25) is 18.7 Å². The summed E-state index contributed by atoms with van der Waals surface area (Å²) in [5.41, 5.74) is 5.32. The Morgan fingerprint density at radius 3 is 2.60 bits per heavy atom. The molecule has 2 aromatic heterocycles. The summed E-state index contributed by atoms with van der Waals surface area (Å²) in [5, 5.41) is -0.562. The highest BCUT2D eigenvalue weighted by Gasteiger charge is 2.26. The van der Waals surface area contributed by atoms with Crippen molar-refractivity contribution in [3.05, 3.63) is 50.7 Å². The Balaban J connectivity index is 1.95.